The first kappa shape index (κ1) is 16.2. The Balaban J connectivity index is 1.78. The van der Waals surface area contributed by atoms with E-state index >= 15 is 0 Å². The first-order valence-corrected chi connectivity index (χ1v) is 8.22. The van der Waals surface area contributed by atoms with Gasteiger partial charge in [-0.15, -0.1) is 0 Å². The van der Waals surface area contributed by atoms with Crippen LogP contribution in [0.15, 0.2) is 30.3 Å². The first-order chi connectivity index (χ1) is 11.7. The Hall–Kier alpha value is -2.63. The largest absolute Gasteiger partial charge is 0.497 e. The molecule has 0 unspecified atom stereocenters. The summed E-state index contributed by atoms with van der Waals surface area (Å²) in [6.45, 7) is 3.49. The van der Waals surface area contributed by atoms with E-state index in [2.05, 4.69) is 15.3 Å². The third-order valence-corrected chi connectivity index (χ3v) is 4.06. The number of benzene rings is 1. The summed E-state index contributed by atoms with van der Waals surface area (Å²) >= 11 is 0. The molecule has 1 fully saturated rings. The summed E-state index contributed by atoms with van der Waals surface area (Å²) in [6.07, 6.45) is 3.32. The lowest BCUT2D eigenvalue weighted by atomic mass is 10.1. The van der Waals surface area contributed by atoms with Crippen LogP contribution in [0.3, 0.4) is 0 Å². The molecule has 1 aromatic heterocycles. The van der Waals surface area contributed by atoms with Crippen LogP contribution >= 0.6 is 0 Å². The van der Waals surface area contributed by atoms with Gasteiger partial charge in [-0.25, -0.2) is 9.97 Å². The molecule has 24 heavy (non-hydrogen) atoms. The number of hydrogen-bond donors (Lipinski definition) is 1. The van der Waals surface area contributed by atoms with Crippen molar-refractivity contribution in [2.45, 2.75) is 26.2 Å². The maximum atomic E-state index is 12.6. The number of carbonyl (C=O) groups is 1. The number of piperidine rings is 1. The summed E-state index contributed by atoms with van der Waals surface area (Å²) in [7, 11) is 1.63. The summed E-state index contributed by atoms with van der Waals surface area (Å²) < 4.78 is 5.15. The van der Waals surface area contributed by atoms with Gasteiger partial charge in [-0.3, -0.25) is 4.79 Å². The van der Waals surface area contributed by atoms with Gasteiger partial charge in [-0.05, 0) is 56.5 Å². The van der Waals surface area contributed by atoms with Gasteiger partial charge in [-0.2, -0.15) is 0 Å². The fourth-order valence-electron chi connectivity index (χ4n) is 2.80. The molecule has 3 rings (SSSR count). The number of rotatable bonds is 4. The lowest BCUT2D eigenvalue weighted by Gasteiger charge is -2.26. The van der Waals surface area contributed by atoms with Crippen molar-refractivity contribution in [3.8, 4) is 5.75 Å². The predicted molar refractivity (Wildman–Crippen MR) is 92.8 cm³/mol. The molecule has 1 saturated heterocycles. The number of aryl methyl sites for hydroxylation is 1. The molecular weight excluding hydrogens is 304 g/mol. The number of amides is 1. The summed E-state index contributed by atoms with van der Waals surface area (Å²) in [5, 5.41) is 3.15. The summed E-state index contributed by atoms with van der Waals surface area (Å²) in [5.41, 5.74) is 2.06. The zero-order valence-electron chi connectivity index (χ0n) is 14.1. The molecule has 2 aromatic rings. The molecule has 6 heteroatoms. The number of nitrogens with zero attached hydrogens (tertiary/aromatic N) is 3. The number of likely N-dealkylation sites (tertiary alicyclic amines) is 1. The van der Waals surface area contributed by atoms with Crippen molar-refractivity contribution in [3.63, 3.8) is 0 Å². The average molecular weight is 326 g/mol. The molecule has 0 aliphatic carbocycles. The molecule has 1 aromatic carbocycles. The van der Waals surface area contributed by atoms with Crippen LogP contribution < -0.4 is 10.1 Å². The molecule has 1 aliphatic heterocycles. The highest BCUT2D eigenvalue weighted by Gasteiger charge is 2.20. The van der Waals surface area contributed by atoms with Crippen LogP contribution in [0.5, 0.6) is 5.75 Å². The summed E-state index contributed by atoms with van der Waals surface area (Å²) in [6, 6.07) is 9.24. The van der Waals surface area contributed by atoms with Crippen LogP contribution in [0, 0.1) is 6.92 Å². The SMILES string of the molecule is COc1ccc(Nc2nc(C)cc(C(=O)N3CCCCC3)n2)cc1. The molecular formula is C18H22N4O2. The van der Waals surface area contributed by atoms with Crippen molar-refractivity contribution in [2.24, 2.45) is 0 Å². The highest BCUT2D eigenvalue weighted by atomic mass is 16.5. The number of ether oxygens (including phenoxy) is 1. The zero-order chi connectivity index (χ0) is 16.9. The minimum atomic E-state index is -0.0158. The van der Waals surface area contributed by atoms with Gasteiger partial charge in [0.25, 0.3) is 5.91 Å². The Morgan fingerprint density at radius 1 is 1.12 bits per heavy atom. The number of methoxy groups -OCH3 is 1. The second-order valence-electron chi connectivity index (χ2n) is 5.92. The van der Waals surface area contributed by atoms with E-state index in [1.54, 1.807) is 13.2 Å². The molecule has 0 bridgehead atoms. The monoisotopic (exact) mass is 326 g/mol. The molecule has 1 aliphatic rings. The van der Waals surface area contributed by atoms with Gasteiger partial charge >= 0.3 is 0 Å². The van der Waals surface area contributed by atoms with Crippen molar-refractivity contribution in [1.29, 1.82) is 0 Å². The van der Waals surface area contributed by atoms with Crippen molar-refractivity contribution in [3.05, 3.63) is 41.7 Å². The van der Waals surface area contributed by atoms with Gasteiger partial charge in [0.2, 0.25) is 5.95 Å². The van der Waals surface area contributed by atoms with Crippen molar-refractivity contribution >= 4 is 17.5 Å². The Labute approximate surface area is 141 Å². The van der Waals surface area contributed by atoms with Gasteiger partial charge in [0, 0.05) is 24.5 Å². The lowest BCUT2D eigenvalue weighted by Crippen LogP contribution is -2.36. The Kier molecular flexibility index (Phi) is 4.93. The molecule has 2 heterocycles. The van der Waals surface area contributed by atoms with Crippen molar-refractivity contribution in [2.75, 3.05) is 25.5 Å². The maximum Gasteiger partial charge on any atom is 0.272 e. The normalized spacial score (nSPS) is 14.3. The number of carbonyl (C=O) groups excluding carboxylic acids is 1. The minimum Gasteiger partial charge on any atom is -0.497 e. The minimum absolute atomic E-state index is 0.0158. The van der Waals surface area contributed by atoms with Gasteiger partial charge < -0.3 is 15.0 Å². The first-order valence-electron chi connectivity index (χ1n) is 8.22. The van der Waals surface area contributed by atoms with E-state index < -0.39 is 0 Å². The van der Waals surface area contributed by atoms with Crippen LogP contribution in [-0.4, -0.2) is 41.0 Å². The molecule has 126 valence electrons. The highest BCUT2D eigenvalue weighted by Crippen LogP contribution is 2.19. The molecule has 0 saturated carbocycles. The van der Waals surface area contributed by atoms with E-state index in [4.69, 9.17) is 4.74 Å². The molecule has 1 N–H and O–H groups in total. The van der Waals surface area contributed by atoms with Crippen LogP contribution in [0.1, 0.15) is 35.4 Å². The molecule has 1 amide bonds. The molecule has 0 spiro atoms. The second kappa shape index (κ2) is 7.29. The van der Waals surface area contributed by atoms with E-state index in [9.17, 15) is 4.79 Å². The third-order valence-electron chi connectivity index (χ3n) is 4.06. The van der Waals surface area contributed by atoms with Crippen LogP contribution in [0.25, 0.3) is 0 Å². The standard InChI is InChI=1S/C18H22N4O2/c1-13-12-16(17(23)22-10-4-3-5-11-22)21-18(19-13)20-14-6-8-15(24-2)9-7-14/h6-9,12H,3-5,10-11H2,1-2H3,(H,19,20,21). The average Bonchev–Trinajstić information content (AvgIpc) is 2.62. The van der Waals surface area contributed by atoms with Gasteiger partial charge in [-0.1, -0.05) is 0 Å². The van der Waals surface area contributed by atoms with E-state index in [1.165, 1.54) is 6.42 Å². The fraction of sp³-hybridized carbons (Fsp3) is 0.389. The maximum absolute atomic E-state index is 12.6. The Morgan fingerprint density at radius 3 is 2.50 bits per heavy atom. The van der Waals surface area contributed by atoms with E-state index in [0.717, 1.165) is 43.1 Å². The number of hydrogen-bond acceptors (Lipinski definition) is 5. The van der Waals surface area contributed by atoms with E-state index in [0.29, 0.717) is 11.6 Å². The topological polar surface area (TPSA) is 67.3 Å². The van der Waals surface area contributed by atoms with E-state index in [1.807, 2.05) is 36.1 Å². The lowest BCUT2D eigenvalue weighted by molar-refractivity contribution is 0.0718. The molecule has 6 nitrogen and oxygen atoms in total. The quantitative estimate of drug-likeness (QED) is 0.935. The number of nitrogens with one attached hydrogen (secondary N) is 1. The summed E-state index contributed by atoms with van der Waals surface area (Å²) in [5.74, 6) is 1.20. The summed E-state index contributed by atoms with van der Waals surface area (Å²) in [4.78, 5) is 23.3. The number of anilines is 2. The van der Waals surface area contributed by atoms with Gasteiger partial charge in [0.15, 0.2) is 0 Å². The fourth-order valence-corrected chi connectivity index (χ4v) is 2.80. The van der Waals surface area contributed by atoms with E-state index in [-0.39, 0.29) is 5.91 Å². The van der Waals surface area contributed by atoms with Crippen LogP contribution in [0.2, 0.25) is 0 Å². The second-order valence-corrected chi connectivity index (χ2v) is 5.92. The van der Waals surface area contributed by atoms with Gasteiger partial charge in [0.05, 0.1) is 7.11 Å². The van der Waals surface area contributed by atoms with Crippen LogP contribution in [-0.2, 0) is 0 Å². The van der Waals surface area contributed by atoms with Crippen molar-refractivity contribution in [1.82, 2.24) is 14.9 Å². The molecule has 0 radical (unpaired) electrons. The number of aromatic nitrogens is 2. The zero-order valence-corrected chi connectivity index (χ0v) is 14.1. The van der Waals surface area contributed by atoms with Crippen molar-refractivity contribution < 1.29 is 9.53 Å². The van der Waals surface area contributed by atoms with Crippen LogP contribution in [0.4, 0.5) is 11.6 Å². The highest BCUT2D eigenvalue weighted by molar-refractivity contribution is 5.92. The predicted octanol–water partition coefficient (Wildman–Crippen LogP) is 3.16. The third kappa shape index (κ3) is 3.82. The Bertz CT molecular complexity index is 709. The Morgan fingerprint density at radius 2 is 1.83 bits per heavy atom. The van der Waals surface area contributed by atoms with Gasteiger partial charge in [0.1, 0.15) is 11.4 Å². The molecule has 0 atom stereocenters. The smallest absolute Gasteiger partial charge is 0.272 e.